The summed E-state index contributed by atoms with van der Waals surface area (Å²) in [5, 5.41) is 0. The molecule has 1 amide bonds. The van der Waals surface area contributed by atoms with Gasteiger partial charge in [0.1, 0.15) is 0 Å². The van der Waals surface area contributed by atoms with Gasteiger partial charge in [0.15, 0.2) is 0 Å². The molecule has 0 bridgehead atoms. The second-order valence-corrected chi connectivity index (χ2v) is 5.59. The monoisotopic (exact) mass is 239 g/mol. The van der Waals surface area contributed by atoms with E-state index in [0.29, 0.717) is 6.04 Å². The maximum Gasteiger partial charge on any atom is 0.242 e. The van der Waals surface area contributed by atoms with E-state index in [1.807, 2.05) is 11.9 Å². The minimum atomic E-state index is -0.531. The van der Waals surface area contributed by atoms with Crippen LogP contribution in [0, 0.1) is 0 Å². The summed E-state index contributed by atoms with van der Waals surface area (Å²) in [5.41, 5.74) is 5.57. The van der Waals surface area contributed by atoms with Gasteiger partial charge in [0.2, 0.25) is 5.91 Å². The number of hydrogen-bond acceptors (Lipinski definition) is 3. The van der Waals surface area contributed by atoms with Crippen molar-refractivity contribution in [1.29, 1.82) is 0 Å². The predicted molar refractivity (Wildman–Crippen MR) is 68.7 cm³/mol. The van der Waals surface area contributed by atoms with Crippen LogP contribution >= 0.6 is 0 Å². The van der Waals surface area contributed by atoms with E-state index in [0.717, 1.165) is 51.7 Å². The van der Waals surface area contributed by atoms with Gasteiger partial charge >= 0.3 is 0 Å². The maximum absolute atomic E-state index is 12.3. The highest BCUT2D eigenvalue weighted by molar-refractivity contribution is 5.87. The minimum absolute atomic E-state index is 0.165. The van der Waals surface area contributed by atoms with Crippen LogP contribution in [0.1, 0.15) is 39.0 Å². The highest BCUT2D eigenvalue weighted by Crippen LogP contribution is 2.32. The topological polar surface area (TPSA) is 49.6 Å². The van der Waals surface area contributed by atoms with E-state index in [1.165, 1.54) is 0 Å². The molecule has 0 radical (unpaired) electrons. The quantitative estimate of drug-likeness (QED) is 0.793. The zero-order valence-corrected chi connectivity index (χ0v) is 11.1. The zero-order valence-electron chi connectivity index (χ0n) is 11.1. The average molecular weight is 239 g/mol. The molecule has 2 fully saturated rings. The van der Waals surface area contributed by atoms with Crippen molar-refractivity contribution in [2.24, 2.45) is 5.73 Å². The largest absolute Gasteiger partial charge is 0.341 e. The SMILES string of the molecule is CCN1CCC(N(C)C(=O)C2(N)CCC2)CC1. The second-order valence-electron chi connectivity index (χ2n) is 5.59. The van der Waals surface area contributed by atoms with Crippen molar-refractivity contribution >= 4 is 5.91 Å². The summed E-state index contributed by atoms with van der Waals surface area (Å²) in [6.07, 6.45) is 5.01. The predicted octanol–water partition coefficient (Wildman–Crippen LogP) is 0.811. The number of carbonyl (C=O) groups is 1. The lowest BCUT2D eigenvalue weighted by atomic mass is 9.76. The fourth-order valence-corrected chi connectivity index (χ4v) is 2.91. The van der Waals surface area contributed by atoms with E-state index >= 15 is 0 Å². The summed E-state index contributed by atoms with van der Waals surface area (Å²) in [7, 11) is 1.93. The first-order valence-electron chi connectivity index (χ1n) is 6.85. The van der Waals surface area contributed by atoms with E-state index < -0.39 is 5.54 Å². The van der Waals surface area contributed by atoms with Gasteiger partial charge in [0.25, 0.3) is 0 Å². The Morgan fingerprint density at radius 2 is 2.00 bits per heavy atom. The van der Waals surface area contributed by atoms with Crippen LogP contribution in [0.5, 0.6) is 0 Å². The number of nitrogens with zero attached hydrogens (tertiary/aromatic N) is 2. The Balaban J connectivity index is 1.88. The summed E-state index contributed by atoms with van der Waals surface area (Å²) in [5.74, 6) is 0.165. The molecular formula is C13H25N3O. The van der Waals surface area contributed by atoms with E-state index in [4.69, 9.17) is 5.73 Å². The van der Waals surface area contributed by atoms with Gasteiger partial charge in [-0.1, -0.05) is 6.92 Å². The number of likely N-dealkylation sites (N-methyl/N-ethyl adjacent to an activating group) is 1. The highest BCUT2D eigenvalue weighted by atomic mass is 16.2. The van der Waals surface area contributed by atoms with E-state index in [2.05, 4.69) is 11.8 Å². The third-order valence-electron chi connectivity index (χ3n) is 4.54. The van der Waals surface area contributed by atoms with Crippen LogP contribution in [0.4, 0.5) is 0 Å². The van der Waals surface area contributed by atoms with Gasteiger partial charge in [-0.25, -0.2) is 0 Å². The molecule has 2 aliphatic rings. The normalized spacial score (nSPS) is 25.4. The van der Waals surface area contributed by atoms with Gasteiger partial charge in [-0.05, 0) is 38.6 Å². The fraction of sp³-hybridized carbons (Fsp3) is 0.923. The Labute approximate surface area is 104 Å². The molecule has 4 heteroatoms. The van der Waals surface area contributed by atoms with Crippen LogP contribution < -0.4 is 5.73 Å². The van der Waals surface area contributed by atoms with Crippen molar-refractivity contribution in [3.63, 3.8) is 0 Å². The number of piperidine rings is 1. The number of rotatable bonds is 3. The maximum atomic E-state index is 12.3. The second kappa shape index (κ2) is 4.94. The number of nitrogens with two attached hydrogens (primary N) is 1. The lowest BCUT2D eigenvalue weighted by Crippen LogP contribution is -2.61. The van der Waals surface area contributed by atoms with E-state index in [-0.39, 0.29) is 5.91 Å². The van der Waals surface area contributed by atoms with Crippen molar-refractivity contribution in [3.05, 3.63) is 0 Å². The molecule has 0 spiro atoms. The van der Waals surface area contributed by atoms with Gasteiger partial charge in [-0.3, -0.25) is 4.79 Å². The lowest BCUT2D eigenvalue weighted by molar-refractivity contribution is -0.141. The Morgan fingerprint density at radius 1 is 1.41 bits per heavy atom. The molecule has 0 aromatic rings. The molecule has 17 heavy (non-hydrogen) atoms. The van der Waals surface area contributed by atoms with Gasteiger partial charge in [0.05, 0.1) is 5.54 Å². The third-order valence-corrected chi connectivity index (χ3v) is 4.54. The fourth-order valence-electron chi connectivity index (χ4n) is 2.91. The number of hydrogen-bond donors (Lipinski definition) is 1. The Morgan fingerprint density at radius 3 is 2.41 bits per heavy atom. The summed E-state index contributed by atoms with van der Waals surface area (Å²) < 4.78 is 0. The van der Waals surface area contributed by atoms with Crippen molar-refractivity contribution in [3.8, 4) is 0 Å². The van der Waals surface area contributed by atoms with Gasteiger partial charge in [-0.15, -0.1) is 0 Å². The highest BCUT2D eigenvalue weighted by Gasteiger charge is 2.43. The molecule has 0 aromatic carbocycles. The standard InChI is InChI=1S/C13H25N3O/c1-3-16-9-5-11(6-10-16)15(2)12(17)13(14)7-4-8-13/h11H,3-10,14H2,1-2H3. The molecule has 1 aliphatic heterocycles. The van der Waals surface area contributed by atoms with Crippen LogP contribution in [0.15, 0.2) is 0 Å². The first-order valence-corrected chi connectivity index (χ1v) is 6.85. The molecule has 0 unspecified atom stereocenters. The first kappa shape index (κ1) is 12.8. The van der Waals surface area contributed by atoms with Crippen molar-refractivity contribution in [2.45, 2.75) is 50.6 Å². The number of amides is 1. The van der Waals surface area contributed by atoms with Crippen LogP contribution in [0.2, 0.25) is 0 Å². The first-order chi connectivity index (χ1) is 8.07. The summed E-state index contributed by atoms with van der Waals surface area (Å²) >= 11 is 0. The van der Waals surface area contributed by atoms with Crippen LogP contribution in [-0.4, -0.2) is 54.0 Å². The zero-order chi connectivity index (χ0) is 12.5. The molecule has 4 nitrogen and oxygen atoms in total. The van der Waals surface area contributed by atoms with Gasteiger partial charge < -0.3 is 15.5 Å². The summed E-state index contributed by atoms with van der Waals surface area (Å²) in [6.45, 7) is 5.52. The molecule has 98 valence electrons. The Kier molecular flexibility index (Phi) is 3.73. The number of likely N-dealkylation sites (tertiary alicyclic amines) is 1. The molecule has 1 saturated carbocycles. The minimum Gasteiger partial charge on any atom is -0.341 e. The molecule has 2 N–H and O–H groups in total. The van der Waals surface area contributed by atoms with Gasteiger partial charge in [-0.2, -0.15) is 0 Å². The van der Waals surface area contributed by atoms with Crippen molar-refractivity contribution < 1.29 is 4.79 Å². The van der Waals surface area contributed by atoms with Gasteiger partial charge in [0, 0.05) is 26.2 Å². The van der Waals surface area contributed by atoms with Crippen LogP contribution in [0.3, 0.4) is 0 Å². The molecule has 2 rings (SSSR count). The molecular weight excluding hydrogens is 214 g/mol. The molecule has 1 aliphatic carbocycles. The van der Waals surface area contributed by atoms with Crippen LogP contribution in [0.25, 0.3) is 0 Å². The Hall–Kier alpha value is -0.610. The van der Waals surface area contributed by atoms with Crippen LogP contribution in [-0.2, 0) is 4.79 Å². The Bertz CT molecular complexity index is 280. The smallest absolute Gasteiger partial charge is 0.242 e. The summed E-state index contributed by atoms with van der Waals surface area (Å²) in [6, 6.07) is 0.395. The number of carbonyl (C=O) groups excluding carboxylic acids is 1. The van der Waals surface area contributed by atoms with Crippen molar-refractivity contribution in [1.82, 2.24) is 9.80 Å². The molecule has 0 atom stereocenters. The van der Waals surface area contributed by atoms with E-state index in [9.17, 15) is 4.79 Å². The summed E-state index contributed by atoms with van der Waals surface area (Å²) in [4.78, 5) is 16.6. The molecule has 1 heterocycles. The average Bonchev–Trinajstić information content (AvgIpc) is 2.34. The van der Waals surface area contributed by atoms with Crippen molar-refractivity contribution in [2.75, 3.05) is 26.7 Å². The third kappa shape index (κ3) is 2.47. The lowest BCUT2D eigenvalue weighted by Gasteiger charge is -2.43. The molecule has 1 saturated heterocycles. The van der Waals surface area contributed by atoms with E-state index in [1.54, 1.807) is 0 Å². The molecule has 0 aromatic heterocycles.